The Hall–Kier alpha value is -0.630. The van der Waals surface area contributed by atoms with Crippen LogP contribution in [0.15, 0.2) is 11.4 Å². The smallest absolute Gasteiger partial charge is 0.263 e. The quantitative estimate of drug-likeness (QED) is 0.812. The van der Waals surface area contributed by atoms with Gasteiger partial charge in [0.2, 0.25) is 5.03 Å². The zero-order valence-corrected chi connectivity index (χ0v) is 12.1. The van der Waals surface area contributed by atoms with Gasteiger partial charge in [-0.3, -0.25) is 0 Å². The minimum Gasteiger partial charge on any atom is -0.373 e. The first kappa shape index (κ1) is 13.8. The second-order valence-corrected chi connectivity index (χ2v) is 6.74. The lowest BCUT2D eigenvalue weighted by Crippen LogP contribution is -2.48. The van der Waals surface area contributed by atoms with Gasteiger partial charge in [0.25, 0.3) is 10.0 Å². The van der Waals surface area contributed by atoms with Gasteiger partial charge in [-0.25, -0.2) is 13.4 Å². The number of halogens is 1. The van der Waals surface area contributed by atoms with Gasteiger partial charge in [-0.15, -0.1) is 0 Å². The van der Waals surface area contributed by atoms with E-state index in [0.29, 0.717) is 13.1 Å². The van der Waals surface area contributed by atoms with Crippen LogP contribution in [0.25, 0.3) is 0 Å². The van der Waals surface area contributed by atoms with E-state index < -0.39 is 10.0 Å². The molecule has 8 heteroatoms. The maximum atomic E-state index is 12.4. The van der Waals surface area contributed by atoms with Gasteiger partial charge in [0.05, 0.1) is 18.5 Å². The lowest BCUT2D eigenvalue weighted by molar-refractivity contribution is -0.0441. The molecule has 1 aliphatic heterocycles. The third-order valence-electron chi connectivity index (χ3n) is 2.80. The maximum absolute atomic E-state index is 12.4. The van der Waals surface area contributed by atoms with Crippen LogP contribution in [0, 0.1) is 0 Å². The molecule has 0 aromatic carbocycles. The molecule has 1 saturated heterocycles. The molecule has 2 atom stereocenters. The number of imidazole rings is 1. The maximum Gasteiger partial charge on any atom is 0.263 e. The van der Waals surface area contributed by atoms with Crippen LogP contribution < -0.4 is 0 Å². The van der Waals surface area contributed by atoms with Crippen LogP contribution in [0.5, 0.6) is 0 Å². The summed E-state index contributed by atoms with van der Waals surface area (Å²) in [5.74, 6) is 0. The molecule has 0 spiro atoms. The normalized spacial score (nSPS) is 26.4. The zero-order chi connectivity index (χ0) is 13.5. The monoisotopic (exact) mass is 293 g/mol. The molecule has 2 heterocycles. The molecule has 1 fully saturated rings. The van der Waals surface area contributed by atoms with E-state index in [9.17, 15) is 8.42 Å². The third-order valence-corrected chi connectivity index (χ3v) is 5.13. The number of nitrogens with zero attached hydrogens (tertiary/aromatic N) is 3. The van der Waals surface area contributed by atoms with Crippen LogP contribution in [0.1, 0.15) is 13.8 Å². The average Bonchev–Trinajstić information content (AvgIpc) is 2.58. The topological polar surface area (TPSA) is 64.4 Å². The molecule has 0 saturated carbocycles. The summed E-state index contributed by atoms with van der Waals surface area (Å²) in [5.41, 5.74) is 0. The summed E-state index contributed by atoms with van der Waals surface area (Å²) < 4.78 is 33.2. The number of hydrogen-bond acceptors (Lipinski definition) is 4. The van der Waals surface area contributed by atoms with Gasteiger partial charge in [-0.2, -0.15) is 4.31 Å². The van der Waals surface area contributed by atoms with E-state index in [0.717, 1.165) is 0 Å². The van der Waals surface area contributed by atoms with Crippen molar-refractivity contribution >= 4 is 21.6 Å². The van der Waals surface area contributed by atoms with Gasteiger partial charge in [-0.05, 0) is 13.8 Å². The van der Waals surface area contributed by atoms with E-state index >= 15 is 0 Å². The number of aromatic nitrogens is 2. The highest BCUT2D eigenvalue weighted by Crippen LogP contribution is 2.25. The average molecular weight is 294 g/mol. The molecular formula is C10H16ClN3O3S. The Morgan fingerprint density at radius 2 is 1.94 bits per heavy atom. The van der Waals surface area contributed by atoms with Gasteiger partial charge < -0.3 is 9.30 Å². The van der Waals surface area contributed by atoms with Crippen molar-refractivity contribution in [3.8, 4) is 0 Å². The molecule has 0 bridgehead atoms. The van der Waals surface area contributed by atoms with Crippen molar-refractivity contribution in [1.29, 1.82) is 0 Å². The molecule has 1 aromatic rings. The molecular weight excluding hydrogens is 278 g/mol. The summed E-state index contributed by atoms with van der Waals surface area (Å²) in [7, 11) is -2.00. The summed E-state index contributed by atoms with van der Waals surface area (Å²) in [6.07, 6.45) is 1.12. The second kappa shape index (κ2) is 4.80. The minimum atomic E-state index is -3.65. The Morgan fingerprint density at radius 3 is 2.39 bits per heavy atom. The van der Waals surface area contributed by atoms with Crippen LogP contribution in [-0.2, 0) is 21.8 Å². The van der Waals surface area contributed by atoms with Crippen molar-refractivity contribution < 1.29 is 13.2 Å². The summed E-state index contributed by atoms with van der Waals surface area (Å²) in [5, 5.41) is 0.0368. The van der Waals surface area contributed by atoms with E-state index in [1.165, 1.54) is 15.2 Å². The van der Waals surface area contributed by atoms with Gasteiger partial charge >= 0.3 is 0 Å². The number of ether oxygens (including phenoxy) is 1. The van der Waals surface area contributed by atoms with E-state index in [4.69, 9.17) is 16.3 Å². The number of sulfonamides is 1. The first-order chi connectivity index (χ1) is 8.32. The summed E-state index contributed by atoms with van der Waals surface area (Å²) >= 11 is 5.95. The Morgan fingerprint density at radius 1 is 1.39 bits per heavy atom. The van der Waals surface area contributed by atoms with Crippen LogP contribution in [0.4, 0.5) is 0 Å². The first-order valence-electron chi connectivity index (χ1n) is 5.64. The SMILES string of the molecule is C[C@@H]1CN(S(=O)(=O)c2ncn(C)c2Cl)C[C@@H](C)O1. The number of morpholine rings is 1. The first-order valence-corrected chi connectivity index (χ1v) is 7.46. The fourth-order valence-electron chi connectivity index (χ4n) is 2.02. The van der Waals surface area contributed by atoms with E-state index in [2.05, 4.69) is 4.98 Å². The standard InChI is InChI=1S/C10H16ClN3O3S/c1-7-4-14(5-8(2)17-7)18(15,16)10-9(11)13(3)6-12-10/h6-8H,4-5H2,1-3H3/t7-,8-/m1/s1. The summed E-state index contributed by atoms with van der Waals surface area (Å²) in [6, 6.07) is 0. The predicted octanol–water partition coefficient (Wildman–Crippen LogP) is 0.871. The molecule has 102 valence electrons. The number of rotatable bonds is 2. The molecule has 2 rings (SSSR count). The van der Waals surface area contributed by atoms with Crippen molar-refractivity contribution in [2.45, 2.75) is 31.1 Å². The van der Waals surface area contributed by atoms with Crippen molar-refractivity contribution in [3.63, 3.8) is 0 Å². The molecule has 1 aliphatic rings. The molecule has 0 radical (unpaired) electrons. The van der Waals surface area contributed by atoms with Crippen LogP contribution in [0.3, 0.4) is 0 Å². The lowest BCUT2D eigenvalue weighted by Gasteiger charge is -2.33. The number of aryl methyl sites for hydroxylation is 1. The highest BCUT2D eigenvalue weighted by molar-refractivity contribution is 7.89. The molecule has 0 N–H and O–H groups in total. The third kappa shape index (κ3) is 2.40. The van der Waals surface area contributed by atoms with Gasteiger partial charge in [0.1, 0.15) is 5.15 Å². The Labute approximate surface area is 112 Å². The Balaban J connectivity index is 2.34. The Bertz CT molecular complexity index is 533. The second-order valence-electron chi connectivity index (χ2n) is 4.53. The molecule has 18 heavy (non-hydrogen) atoms. The minimum absolute atomic E-state index is 0.0898. The highest BCUT2D eigenvalue weighted by atomic mass is 35.5. The summed E-state index contributed by atoms with van der Waals surface area (Å²) in [6.45, 7) is 4.33. The van der Waals surface area contributed by atoms with E-state index in [-0.39, 0.29) is 22.4 Å². The Kier molecular flexibility index (Phi) is 3.68. The summed E-state index contributed by atoms with van der Waals surface area (Å²) in [4.78, 5) is 3.87. The fourth-order valence-corrected chi connectivity index (χ4v) is 4.00. The zero-order valence-electron chi connectivity index (χ0n) is 10.5. The van der Waals surface area contributed by atoms with Gasteiger partial charge in [0, 0.05) is 20.1 Å². The van der Waals surface area contributed by atoms with Crippen LogP contribution in [0.2, 0.25) is 5.15 Å². The van der Waals surface area contributed by atoms with Crippen molar-refractivity contribution in [2.24, 2.45) is 7.05 Å². The molecule has 0 amide bonds. The molecule has 0 aliphatic carbocycles. The van der Waals surface area contributed by atoms with Crippen molar-refractivity contribution in [2.75, 3.05) is 13.1 Å². The van der Waals surface area contributed by atoms with Crippen molar-refractivity contribution in [3.05, 3.63) is 11.5 Å². The fraction of sp³-hybridized carbons (Fsp3) is 0.700. The molecule has 1 aromatic heterocycles. The predicted molar refractivity (Wildman–Crippen MR) is 67.0 cm³/mol. The highest BCUT2D eigenvalue weighted by Gasteiger charge is 2.35. The van der Waals surface area contributed by atoms with E-state index in [1.54, 1.807) is 7.05 Å². The lowest BCUT2D eigenvalue weighted by atomic mass is 10.3. The molecule has 0 unspecified atom stereocenters. The number of hydrogen-bond donors (Lipinski definition) is 0. The largest absolute Gasteiger partial charge is 0.373 e. The van der Waals surface area contributed by atoms with E-state index in [1.807, 2.05) is 13.8 Å². The van der Waals surface area contributed by atoms with Crippen LogP contribution in [-0.4, -0.2) is 47.6 Å². The van der Waals surface area contributed by atoms with Crippen LogP contribution >= 0.6 is 11.6 Å². The van der Waals surface area contributed by atoms with Gasteiger partial charge in [0.15, 0.2) is 0 Å². The molecule has 6 nitrogen and oxygen atoms in total. The van der Waals surface area contributed by atoms with Crippen molar-refractivity contribution in [1.82, 2.24) is 13.9 Å². The van der Waals surface area contributed by atoms with Gasteiger partial charge in [-0.1, -0.05) is 11.6 Å².